The summed E-state index contributed by atoms with van der Waals surface area (Å²) in [7, 11) is 1.55. The zero-order chi connectivity index (χ0) is 18.8. The van der Waals surface area contributed by atoms with Gasteiger partial charge in [-0.2, -0.15) is 5.10 Å². The quantitative estimate of drug-likeness (QED) is 0.608. The molecule has 6 nitrogen and oxygen atoms in total. The standard InChI is InChI=1S/C21H18N4O2/c1-25-21(27)17-10-3-2-9-16(17)19(24-25)20(26)23-13-11-15-7-4-6-14-8-5-12-22-18(14)15/h2-10,12H,11,13H2,1H3,(H,23,26). The van der Waals surface area contributed by atoms with E-state index < -0.39 is 0 Å². The van der Waals surface area contributed by atoms with Crippen LogP contribution in [0.4, 0.5) is 0 Å². The monoisotopic (exact) mass is 358 g/mol. The molecule has 0 aliphatic rings. The highest BCUT2D eigenvalue weighted by atomic mass is 16.2. The lowest BCUT2D eigenvalue weighted by Gasteiger charge is -2.10. The number of aromatic nitrogens is 3. The minimum Gasteiger partial charge on any atom is -0.350 e. The average Bonchev–Trinajstić information content (AvgIpc) is 2.71. The highest BCUT2D eigenvalue weighted by Gasteiger charge is 2.15. The number of nitrogens with one attached hydrogen (secondary N) is 1. The van der Waals surface area contributed by atoms with Crippen LogP contribution in [-0.4, -0.2) is 27.2 Å². The second kappa shape index (κ2) is 6.99. The molecule has 0 fully saturated rings. The first-order valence-corrected chi connectivity index (χ1v) is 8.72. The van der Waals surface area contributed by atoms with Crippen LogP contribution in [-0.2, 0) is 13.5 Å². The Kier molecular flexibility index (Phi) is 4.38. The van der Waals surface area contributed by atoms with Gasteiger partial charge in [-0.1, -0.05) is 42.5 Å². The number of aryl methyl sites for hydroxylation is 1. The number of hydrogen-bond acceptors (Lipinski definition) is 4. The van der Waals surface area contributed by atoms with Crippen LogP contribution in [0, 0.1) is 0 Å². The second-order valence-electron chi connectivity index (χ2n) is 6.32. The summed E-state index contributed by atoms with van der Waals surface area (Å²) in [6, 6.07) is 17.0. The Morgan fingerprint density at radius 2 is 1.81 bits per heavy atom. The Bertz CT molecular complexity index is 1210. The number of rotatable bonds is 4. The van der Waals surface area contributed by atoms with Crippen molar-refractivity contribution < 1.29 is 4.79 Å². The van der Waals surface area contributed by atoms with Crippen molar-refractivity contribution in [1.82, 2.24) is 20.1 Å². The highest BCUT2D eigenvalue weighted by molar-refractivity contribution is 6.04. The van der Waals surface area contributed by atoms with E-state index in [0.717, 1.165) is 16.5 Å². The number of pyridine rings is 1. The molecule has 0 spiro atoms. The molecule has 0 bridgehead atoms. The van der Waals surface area contributed by atoms with Gasteiger partial charge in [0, 0.05) is 30.6 Å². The molecule has 2 heterocycles. The number of nitrogens with zero attached hydrogens (tertiary/aromatic N) is 3. The van der Waals surface area contributed by atoms with Crippen molar-refractivity contribution in [2.24, 2.45) is 7.05 Å². The zero-order valence-corrected chi connectivity index (χ0v) is 14.8. The molecule has 4 aromatic rings. The molecule has 27 heavy (non-hydrogen) atoms. The Labute approximate surface area is 155 Å². The number of fused-ring (bicyclic) bond motifs is 2. The van der Waals surface area contributed by atoms with E-state index >= 15 is 0 Å². The van der Waals surface area contributed by atoms with Crippen molar-refractivity contribution in [1.29, 1.82) is 0 Å². The fourth-order valence-electron chi connectivity index (χ4n) is 3.23. The maximum absolute atomic E-state index is 12.7. The van der Waals surface area contributed by atoms with E-state index in [1.54, 1.807) is 37.5 Å². The van der Waals surface area contributed by atoms with Gasteiger partial charge >= 0.3 is 0 Å². The predicted octanol–water partition coefficient (Wildman–Crippen LogP) is 2.45. The number of para-hydroxylation sites is 1. The number of carbonyl (C=O) groups is 1. The van der Waals surface area contributed by atoms with Crippen LogP contribution in [0.25, 0.3) is 21.7 Å². The third-order valence-electron chi connectivity index (χ3n) is 4.57. The van der Waals surface area contributed by atoms with Crippen LogP contribution in [0.15, 0.2) is 65.6 Å². The van der Waals surface area contributed by atoms with Crippen LogP contribution in [0.5, 0.6) is 0 Å². The second-order valence-corrected chi connectivity index (χ2v) is 6.32. The maximum atomic E-state index is 12.7. The highest BCUT2D eigenvalue weighted by Crippen LogP contribution is 2.16. The maximum Gasteiger partial charge on any atom is 0.274 e. The van der Waals surface area contributed by atoms with Crippen LogP contribution >= 0.6 is 0 Å². The van der Waals surface area contributed by atoms with Crippen LogP contribution in [0.1, 0.15) is 16.1 Å². The van der Waals surface area contributed by atoms with Gasteiger partial charge in [0.2, 0.25) is 0 Å². The Balaban J connectivity index is 1.56. The molecule has 1 N–H and O–H groups in total. The largest absolute Gasteiger partial charge is 0.350 e. The number of benzene rings is 2. The fraction of sp³-hybridized carbons (Fsp3) is 0.143. The molecule has 0 aliphatic carbocycles. The summed E-state index contributed by atoms with van der Waals surface area (Å²) >= 11 is 0. The fourth-order valence-corrected chi connectivity index (χ4v) is 3.23. The van der Waals surface area contributed by atoms with E-state index in [2.05, 4.69) is 15.4 Å². The van der Waals surface area contributed by atoms with Crippen molar-refractivity contribution in [3.8, 4) is 0 Å². The van der Waals surface area contributed by atoms with Crippen LogP contribution < -0.4 is 10.9 Å². The summed E-state index contributed by atoms with van der Waals surface area (Å²) in [6.45, 7) is 0.452. The van der Waals surface area contributed by atoms with E-state index in [-0.39, 0.29) is 17.2 Å². The van der Waals surface area contributed by atoms with Gasteiger partial charge in [0.15, 0.2) is 5.69 Å². The van der Waals surface area contributed by atoms with Gasteiger partial charge in [0.25, 0.3) is 11.5 Å². The third kappa shape index (κ3) is 3.17. The lowest BCUT2D eigenvalue weighted by Crippen LogP contribution is -2.30. The van der Waals surface area contributed by atoms with E-state index in [4.69, 9.17) is 0 Å². The number of hydrogen-bond donors (Lipinski definition) is 1. The van der Waals surface area contributed by atoms with Crippen molar-refractivity contribution in [2.75, 3.05) is 6.54 Å². The Hall–Kier alpha value is -3.54. The molecule has 2 aromatic heterocycles. The van der Waals surface area contributed by atoms with Crippen LogP contribution in [0.3, 0.4) is 0 Å². The van der Waals surface area contributed by atoms with Crippen molar-refractivity contribution in [2.45, 2.75) is 6.42 Å². The topological polar surface area (TPSA) is 76.9 Å². The molecular formula is C21H18N4O2. The molecule has 0 unspecified atom stereocenters. The molecule has 0 aliphatic heterocycles. The SMILES string of the molecule is Cn1nc(C(=O)NCCc2cccc3cccnc23)c2ccccc2c1=O. The molecule has 4 rings (SSSR count). The van der Waals surface area contributed by atoms with Gasteiger partial charge in [-0.3, -0.25) is 14.6 Å². The van der Waals surface area contributed by atoms with E-state index in [9.17, 15) is 9.59 Å². The van der Waals surface area contributed by atoms with E-state index in [1.807, 2.05) is 30.3 Å². The molecule has 6 heteroatoms. The summed E-state index contributed by atoms with van der Waals surface area (Å²) in [4.78, 5) is 29.3. The van der Waals surface area contributed by atoms with Crippen molar-refractivity contribution in [3.63, 3.8) is 0 Å². The smallest absolute Gasteiger partial charge is 0.274 e. The van der Waals surface area contributed by atoms with Gasteiger partial charge in [-0.25, -0.2) is 4.68 Å². The number of amides is 1. The van der Waals surface area contributed by atoms with Gasteiger partial charge < -0.3 is 5.32 Å². The van der Waals surface area contributed by atoms with Crippen LogP contribution in [0.2, 0.25) is 0 Å². The summed E-state index contributed by atoms with van der Waals surface area (Å²) in [5, 5.41) is 9.18. The predicted molar refractivity (Wildman–Crippen MR) is 105 cm³/mol. The molecule has 0 atom stereocenters. The molecule has 134 valence electrons. The van der Waals surface area contributed by atoms with E-state index in [1.165, 1.54) is 4.68 Å². The molecule has 0 saturated carbocycles. The van der Waals surface area contributed by atoms with Gasteiger partial charge in [0.05, 0.1) is 10.9 Å². The summed E-state index contributed by atoms with van der Waals surface area (Å²) in [6.07, 6.45) is 2.43. The first-order chi connectivity index (χ1) is 13.1. The minimum atomic E-state index is -0.296. The summed E-state index contributed by atoms with van der Waals surface area (Å²) in [5.74, 6) is -0.296. The molecular weight excluding hydrogens is 340 g/mol. The van der Waals surface area contributed by atoms with Crippen molar-refractivity contribution in [3.05, 3.63) is 82.4 Å². The lowest BCUT2D eigenvalue weighted by atomic mass is 10.1. The Morgan fingerprint density at radius 1 is 1.04 bits per heavy atom. The van der Waals surface area contributed by atoms with Gasteiger partial charge in [-0.05, 0) is 24.1 Å². The van der Waals surface area contributed by atoms with Gasteiger partial charge in [0.1, 0.15) is 0 Å². The van der Waals surface area contributed by atoms with Gasteiger partial charge in [-0.15, -0.1) is 0 Å². The average molecular weight is 358 g/mol. The first-order valence-electron chi connectivity index (χ1n) is 8.72. The molecule has 2 aromatic carbocycles. The zero-order valence-electron chi connectivity index (χ0n) is 14.8. The normalized spacial score (nSPS) is 11.0. The molecule has 0 radical (unpaired) electrons. The third-order valence-corrected chi connectivity index (χ3v) is 4.57. The van der Waals surface area contributed by atoms with E-state index in [0.29, 0.717) is 23.7 Å². The molecule has 0 saturated heterocycles. The minimum absolute atomic E-state index is 0.219. The summed E-state index contributed by atoms with van der Waals surface area (Å²) < 4.78 is 1.20. The molecule has 1 amide bonds. The number of carbonyl (C=O) groups excluding carboxylic acids is 1. The first kappa shape index (κ1) is 16.9. The van der Waals surface area contributed by atoms with Crippen molar-refractivity contribution >= 4 is 27.6 Å². The summed E-state index contributed by atoms with van der Waals surface area (Å²) in [5.41, 5.74) is 2.05. The lowest BCUT2D eigenvalue weighted by molar-refractivity contribution is 0.0949. The Morgan fingerprint density at radius 3 is 2.67 bits per heavy atom.